The van der Waals surface area contributed by atoms with Gasteiger partial charge in [0.05, 0.1) is 0 Å². The minimum atomic E-state index is -4.09. The second kappa shape index (κ2) is 5.62. The van der Waals surface area contributed by atoms with Crippen LogP contribution in [0.15, 0.2) is 17.0 Å². The lowest BCUT2D eigenvalue weighted by atomic mass is 10.1. The Kier molecular flexibility index (Phi) is 4.64. The molecule has 1 aromatic carbocycles. The van der Waals surface area contributed by atoms with Gasteiger partial charge in [-0.1, -0.05) is 20.3 Å². The fraction of sp³-hybridized carbons (Fsp3) is 0.455. The molecule has 0 saturated carbocycles. The van der Waals surface area contributed by atoms with Crippen LogP contribution in [0.2, 0.25) is 0 Å². The van der Waals surface area contributed by atoms with Gasteiger partial charge < -0.3 is 5.73 Å². The first-order valence-electron chi connectivity index (χ1n) is 5.52. The molecule has 0 amide bonds. The van der Waals surface area contributed by atoms with Crippen molar-refractivity contribution in [1.82, 2.24) is 4.72 Å². The fourth-order valence-corrected chi connectivity index (χ4v) is 2.54. The topological polar surface area (TPSA) is 72.2 Å². The van der Waals surface area contributed by atoms with Crippen LogP contribution in [-0.2, 0) is 10.0 Å². The van der Waals surface area contributed by atoms with Gasteiger partial charge in [0.1, 0.15) is 4.90 Å². The summed E-state index contributed by atoms with van der Waals surface area (Å²) in [6, 6.07) is 1.64. The minimum Gasteiger partial charge on any atom is -0.399 e. The number of benzene rings is 1. The third-order valence-electron chi connectivity index (χ3n) is 2.63. The average molecular weight is 278 g/mol. The molecule has 1 aromatic rings. The molecule has 0 bridgehead atoms. The fourth-order valence-electron chi connectivity index (χ4n) is 1.25. The molecule has 3 N–H and O–H groups in total. The molecule has 4 nitrogen and oxygen atoms in total. The van der Waals surface area contributed by atoms with Gasteiger partial charge in [0.15, 0.2) is 11.6 Å². The summed E-state index contributed by atoms with van der Waals surface area (Å²) in [6.45, 7) is 3.91. The van der Waals surface area contributed by atoms with E-state index in [-0.39, 0.29) is 18.2 Å². The maximum absolute atomic E-state index is 13.4. The number of nitrogens with two attached hydrogens (primary N) is 1. The zero-order valence-electron chi connectivity index (χ0n) is 10.2. The van der Waals surface area contributed by atoms with Gasteiger partial charge in [0, 0.05) is 12.2 Å². The van der Waals surface area contributed by atoms with Gasteiger partial charge in [-0.05, 0) is 18.1 Å². The lowest BCUT2D eigenvalue weighted by Gasteiger charge is -2.12. The van der Waals surface area contributed by atoms with Gasteiger partial charge in [-0.15, -0.1) is 0 Å². The molecular weight excluding hydrogens is 262 g/mol. The first-order chi connectivity index (χ1) is 8.27. The predicted octanol–water partition coefficient (Wildman–Crippen LogP) is 1.87. The van der Waals surface area contributed by atoms with Crippen molar-refractivity contribution in [3.63, 3.8) is 0 Å². The van der Waals surface area contributed by atoms with Crippen molar-refractivity contribution >= 4 is 15.7 Å². The van der Waals surface area contributed by atoms with Gasteiger partial charge in [0.2, 0.25) is 10.0 Å². The van der Waals surface area contributed by atoms with E-state index in [0.29, 0.717) is 0 Å². The van der Waals surface area contributed by atoms with Gasteiger partial charge in [0.25, 0.3) is 0 Å². The maximum atomic E-state index is 13.4. The van der Waals surface area contributed by atoms with Crippen LogP contribution >= 0.6 is 0 Å². The molecule has 18 heavy (non-hydrogen) atoms. The van der Waals surface area contributed by atoms with E-state index >= 15 is 0 Å². The van der Waals surface area contributed by atoms with E-state index in [1.54, 1.807) is 0 Å². The molecule has 0 aromatic heterocycles. The molecule has 102 valence electrons. The van der Waals surface area contributed by atoms with Crippen LogP contribution in [0, 0.1) is 17.6 Å². The highest BCUT2D eigenvalue weighted by Crippen LogP contribution is 2.21. The summed E-state index contributed by atoms with van der Waals surface area (Å²) < 4.78 is 52.4. The van der Waals surface area contributed by atoms with Crippen molar-refractivity contribution in [3.8, 4) is 0 Å². The van der Waals surface area contributed by atoms with Crippen LogP contribution < -0.4 is 10.5 Å². The van der Waals surface area contributed by atoms with Crippen LogP contribution in [0.5, 0.6) is 0 Å². The van der Waals surface area contributed by atoms with E-state index < -0.39 is 26.6 Å². The first kappa shape index (κ1) is 14.8. The Morgan fingerprint density at radius 3 is 2.56 bits per heavy atom. The van der Waals surface area contributed by atoms with Crippen molar-refractivity contribution in [2.75, 3.05) is 12.3 Å². The van der Waals surface area contributed by atoms with Gasteiger partial charge in [-0.3, -0.25) is 0 Å². The van der Waals surface area contributed by atoms with Crippen LogP contribution in [0.1, 0.15) is 20.3 Å². The lowest BCUT2D eigenvalue weighted by Crippen LogP contribution is -2.29. The molecule has 0 radical (unpaired) electrons. The minimum absolute atomic E-state index is 0.105. The number of hydrogen-bond acceptors (Lipinski definition) is 3. The Labute approximate surface area is 105 Å². The summed E-state index contributed by atoms with van der Waals surface area (Å²) in [5, 5.41) is 0. The molecule has 0 heterocycles. The summed E-state index contributed by atoms with van der Waals surface area (Å²) in [4.78, 5) is -0.761. The third kappa shape index (κ3) is 3.39. The molecule has 7 heteroatoms. The third-order valence-corrected chi connectivity index (χ3v) is 4.05. The SMILES string of the molecule is CCC(C)CNS(=O)(=O)c1cc(N)cc(F)c1F. The Morgan fingerprint density at radius 1 is 1.39 bits per heavy atom. The number of nitrogen functional groups attached to an aromatic ring is 1. The summed E-state index contributed by atoms with van der Waals surface area (Å²) in [6.07, 6.45) is 0.774. The number of rotatable bonds is 5. The Balaban J connectivity index is 3.05. The Hall–Kier alpha value is -1.21. The van der Waals surface area contributed by atoms with Crippen molar-refractivity contribution in [2.45, 2.75) is 25.2 Å². The summed E-state index contributed by atoms with van der Waals surface area (Å²) in [7, 11) is -4.09. The van der Waals surface area contributed by atoms with Crippen molar-refractivity contribution in [3.05, 3.63) is 23.8 Å². The second-order valence-corrected chi connectivity index (χ2v) is 5.92. The van der Waals surface area contributed by atoms with Gasteiger partial charge in [-0.25, -0.2) is 21.9 Å². The van der Waals surface area contributed by atoms with Crippen LogP contribution in [0.25, 0.3) is 0 Å². The number of anilines is 1. The number of hydrogen-bond donors (Lipinski definition) is 2. The highest BCUT2D eigenvalue weighted by atomic mass is 32.2. The van der Waals surface area contributed by atoms with E-state index in [2.05, 4.69) is 4.72 Å². The molecule has 0 aliphatic rings. The average Bonchev–Trinajstić information content (AvgIpc) is 2.30. The van der Waals surface area contributed by atoms with Crippen molar-refractivity contribution in [1.29, 1.82) is 0 Å². The maximum Gasteiger partial charge on any atom is 0.243 e. The highest BCUT2D eigenvalue weighted by Gasteiger charge is 2.22. The molecule has 0 saturated heterocycles. The molecule has 0 aliphatic heterocycles. The number of halogens is 2. The van der Waals surface area contributed by atoms with Crippen molar-refractivity contribution < 1.29 is 17.2 Å². The first-order valence-corrected chi connectivity index (χ1v) is 7.00. The van der Waals surface area contributed by atoms with Gasteiger partial charge in [-0.2, -0.15) is 0 Å². The second-order valence-electron chi connectivity index (χ2n) is 4.18. The van der Waals surface area contributed by atoms with E-state index in [9.17, 15) is 17.2 Å². The number of nitrogens with one attached hydrogen (secondary N) is 1. The van der Waals surface area contributed by atoms with Gasteiger partial charge >= 0.3 is 0 Å². The van der Waals surface area contributed by atoms with E-state index in [4.69, 9.17) is 5.73 Å². The van der Waals surface area contributed by atoms with Crippen LogP contribution in [0.4, 0.5) is 14.5 Å². The summed E-state index contributed by atoms with van der Waals surface area (Å²) in [5.74, 6) is -2.59. The molecular formula is C11H16F2N2O2S. The summed E-state index contributed by atoms with van der Waals surface area (Å²) in [5.41, 5.74) is 5.17. The van der Waals surface area contributed by atoms with E-state index in [0.717, 1.165) is 18.6 Å². The standard InChI is InChI=1S/C11H16F2N2O2S/c1-3-7(2)6-15-18(16,17)10-5-8(14)4-9(12)11(10)13/h4-5,7,15H,3,6,14H2,1-2H3. The smallest absolute Gasteiger partial charge is 0.243 e. The van der Waals surface area contributed by atoms with Crippen molar-refractivity contribution in [2.24, 2.45) is 5.92 Å². The predicted molar refractivity (Wildman–Crippen MR) is 65.4 cm³/mol. The van der Waals surface area contributed by atoms with Crippen LogP contribution in [0.3, 0.4) is 0 Å². The normalized spacial score (nSPS) is 13.6. The molecule has 0 spiro atoms. The quantitative estimate of drug-likeness (QED) is 0.808. The zero-order chi connectivity index (χ0) is 13.9. The Morgan fingerprint density at radius 2 is 2.00 bits per heavy atom. The van der Waals surface area contributed by atoms with Crippen LogP contribution in [-0.4, -0.2) is 15.0 Å². The molecule has 1 atom stereocenters. The summed E-state index contributed by atoms with van der Waals surface area (Å²) >= 11 is 0. The molecule has 0 aliphatic carbocycles. The highest BCUT2D eigenvalue weighted by molar-refractivity contribution is 7.89. The zero-order valence-corrected chi connectivity index (χ0v) is 11.0. The molecule has 1 unspecified atom stereocenters. The number of sulfonamides is 1. The van der Waals surface area contributed by atoms with E-state index in [1.807, 2.05) is 13.8 Å². The largest absolute Gasteiger partial charge is 0.399 e. The lowest BCUT2D eigenvalue weighted by molar-refractivity contribution is 0.480. The Bertz CT molecular complexity index is 532. The monoisotopic (exact) mass is 278 g/mol. The molecule has 0 fully saturated rings. The van der Waals surface area contributed by atoms with E-state index in [1.165, 1.54) is 0 Å². The molecule has 1 rings (SSSR count).